The van der Waals surface area contributed by atoms with Gasteiger partial charge < -0.3 is 19.7 Å². The Kier molecular flexibility index (Phi) is 6.64. The van der Waals surface area contributed by atoms with Crippen LogP contribution < -0.4 is 21.3 Å². The van der Waals surface area contributed by atoms with E-state index in [-0.39, 0.29) is 12.5 Å². The first-order chi connectivity index (χ1) is 15.9. The van der Waals surface area contributed by atoms with Gasteiger partial charge in [-0.15, -0.1) is 0 Å². The minimum absolute atomic E-state index is 0.0765. The lowest BCUT2D eigenvalue weighted by Crippen LogP contribution is -2.31. The fraction of sp³-hybridized carbons (Fsp3) is 0.478. The molecular weight excluding hydrogens is 426 g/mol. The number of hydrogen-bond acceptors (Lipinski definition) is 6. The third-order valence-corrected chi connectivity index (χ3v) is 6.22. The Morgan fingerprint density at radius 3 is 2.61 bits per heavy atom. The van der Waals surface area contributed by atoms with Gasteiger partial charge in [-0.25, -0.2) is 9.78 Å². The number of nitrogens with zero attached hydrogens (tertiary/aromatic N) is 3. The van der Waals surface area contributed by atoms with Crippen molar-refractivity contribution in [2.45, 2.75) is 52.3 Å². The zero-order valence-electron chi connectivity index (χ0n) is 18.8. The molecule has 176 valence electrons. The van der Waals surface area contributed by atoms with E-state index < -0.39 is 23.1 Å². The first kappa shape index (κ1) is 22.8. The standard InChI is InChI=1S/C23H29N5O5/c1-3-5-10-28-20-19(21(29)26-23(28)32)27(4-2)18(25-20)13-33-15-8-6-14(7-9-15)16-11-24-12-17(16)22(30)31/h6-9,16-17,24H,3-5,10-13H2,1-2H3,(H,30,31)(H,26,29,32). The van der Waals surface area contributed by atoms with Gasteiger partial charge in [-0.2, -0.15) is 0 Å². The SMILES string of the molecule is CCCCn1c(=O)[nH]c(=O)c2c1nc(COc1ccc(C3CNCC3C(=O)O)cc1)n2CC. The number of aliphatic carboxylic acids is 1. The van der Waals surface area contributed by atoms with E-state index in [2.05, 4.69) is 15.3 Å². The van der Waals surface area contributed by atoms with E-state index in [1.54, 1.807) is 4.57 Å². The molecule has 3 N–H and O–H groups in total. The molecule has 0 radical (unpaired) electrons. The first-order valence-corrected chi connectivity index (χ1v) is 11.3. The second-order valence-electron chi connectivity index (χ2n) is 8.28. The molecule has 2 aromatic heterocycles. The molecule has 3 heterocycles. The molecule has 0 amide bonds. The van der Waals surface area contributed by atoms with Gasteiger partial charge in [0, 0.05) is 32.1 Å². The summed E-state index contributed by atoms with van der Waals surface area (Å²) in [6.07, 6.45) is 1.72. The molecule has 10 nitrogen and oxygen atoms in total. The molecule has 1 aromatic carbocycles. The quantitative estimate of drug-likeness (QED) is 0.447. The number of fused-ring (bicyclic) bond motifs is 1. The molecule has 0 bridgehead atoms. The summed E-state index contributed by atoms with van der Waals surface area (Å²) >= 11 is 0. The number of aryl methyl sites for hydroxylation is 2. The average Bonchev–Trinajstić information content (AvgIpc) is 3.43. The third kappa shape index (κ3) is 4.43. The molecule has 1 aliphatic heterocycles. The summed E-state index contributed by atoms with van der Waals surface area (Å²) in [6.45, 7) is 6.17. The van der Waals surface area contributed by atoms with E-state index in [0.29, 0.717) is 48.9 Å². The normalized spacial score (nSPS) is 18.1. The van der Waals surface area contributed by atoms with Gasteiger partial charge in [-0.3, -0.25) is 19.1 Å². The van der Waals surface area contributed by atoms with E-state index in [1.165, 1.54) is 4.57 Å². The molecule has 10 heteroatoms. The summed E-state index contributed by atoms with van der Waals surface area (Å²) in [6, 6.07) is 7.41. The van der Waals surface area contributed by atoms with Crippen LogP contribution in [0.15, 0.2) is 33.9 Å². The molecule has 1 fully saturated rings. The number of hydrogen-bond donors (Lipinski definition) is 3. The maximum Gasteiger partial charge on any atom is 0.330 e. The van der Waals surface area contributed by atoms with Gasteiger partial charge in [-0.1, -0.05) is 25.5 Å². The lowest BCUT2D eigenvalue weighted by atomic mass is 9.89. The largest absolute Gasteiger partial charge is 0.486 e. The number of imidazole rings is 1. The summed E-state index contributed by atoms with van der Waals surface area (Å²) in [7, 11) is 0. The number of carboxylic acids is 1. The van der Waals surface area contributed by atoms with Crippen molar-refractivity contribution in [1.29, 1.82) is 0 Å². The van der Waals surface area contributed by atoms with E-state index in [9.17, 15) is 19.5 Å². The average molecular weight is 456 g/mol. The van der Waals surface area contributed by atoms with Crippen LogP contribution in [0, 0.1) is 5.92 Å². The molecule has 33 heavy (non-hydrogen) atoms. The summed E-state index contributed by atoms with van der Waals surface area (Å²) in [4.78, 5) is 43.3. The molecule has 3 aromatic rings. The van der Waals surface area contributed by atoms with E-state index >= 15 is 0 Å². The molecular formula is C23H29N5O5. The third-order valence-electron chi connectivity index (χ3n) is 6.22. The second kappa shape index (κ2) is 9.62. The van der Waals surface area contributed by atoms with Crippen molar-refractivity contribution in [2.24, 2.45) is 5.92 Å². The minimum atomic E-state index is -0.795. The molecule has 1 saturated heterocycles. The van der Waals surface area contributed by atoms with Gasteiger partial charge in [0.25, 0.3) is 5.56 Å². The predicted molar refractivity (Wildman–Crippen MR) is 123 cm³/mol. The van der Waals surface area contributed by atoms with Crippen LogP contribution in [0.25, 0.3) is 11.2 Å². The number of ether oxygens (including phenoxy) is 1. The molecule has 0 aliphatic carbocycles. The zero-order valence-corrected chi connectivity index (χ0v) is 18.8. The Bertz CT molecular complexity index is 1260. The van der Waals surface area contributed by atoms with Crippen molar-refractivity contribution in [2.75, 3.05) is 13.1 Å². The Labute approximate surface area is 190 Å². The second-order valence-corrected chi connectivity index (χ2v) is 8.28. The maximum atomic E-state index is 12.5. The van der Waals surface area contributed by atoms with Crippen molar-refractivity contribution >= 4 is 17.1 Å². The number of H-pyrrole nitrogens is 1. The highest BCUT2D eigenvalue weighted by atomic mass is 16.5. The number of aromatic nitrogens is 4. The molecule has 1 aliphatic rings. The molecule has 4 rings (SSSR count). The fourth-order valence-corrected chi connectivity index (χ4v) is 4.44. The lowest BCUT2D eigenvalue weighted by molar-refractivity contribution is -0.141. The summed E-state index contributed by atoms with van der Waals surface area (Å²) in [5, 5.41) is 12.5. The first-order valence-electron chi connectivity index (χ1n) is 11.3. The van der Waals surface area contributed by atoms with Crippen molar-refractivity contribution in [1.82, 2.24) is 24.4 Å². The fourth-order valence-electron chi connectivity index (χ4n) is 4.44. The van der Waals surface area contributed by atoms with Gasteiger partial charge in [0.2, 0.25) is 0 Å². The zero-order chi connectivity index (χ0) is 23.5. The Hall–Kier alpha value is -3.40. The molecule has 2 unspecified atom stereocenters. The summed E-state index contributed by atoms with van der Waals surface area (Å²) in [5.41, 5.74) is 0.792. The van der Waals surface area contributed by atoms with Gasteiger partial charge in [0.05, 0.1) is 5.92 Å². The van der Waals surface area contributed by atoms with Gasteiger partial charge in [0.1, 0.15) is 18.2 Å². The van der Waals surface area contributed by atoms with Crippen LogP contribution in [-0.4, -0.2) is 43.3 Å². The van der Waals surface area contributed by atoms with Crippen molar-refractivity contribution in [3.05, 3.63) is 56.5 Å². The number of rotatable bonds is 9. The number of nitrogens with one attached hydrogen (secondary N) is 2. The van der Waals surface area contributed by atoms with Gasteiger partial charge in [-0.05, 0) is 31.0 Å². The summed E-state index contributed by atoms with van der Waals surface area (Å²) in [5.74, 6) is -0.138. The topological polar surface area (TPSA) is 131 Å². The van der Waals surface area contributed by atoms with Crippen LogP contribution in [-0.2, 0) is 24.5 Å². The monoisotopic (exact) mass is 455 g/mol. The molecule has 0 saturated carbocycles. The van der Waals surface area contributed by atoms with Crippen LogP contribution in [0.5, 0.6) is 5.75 Å². The highest BCUT2D eigenvalue weighted by Crippen LogP contribution is 2.29. The van der Waals surface area contributed by atoms with Crippen LogP contribution in [0.2, 0.25) is 0 Å². The molecule has 2 atom stereocenters. The van der Waals surface area contributed by atoms with Gasteiger partial charge in [0.15, 0.2) is 11.2 Å². The lowest BCUT2D eigenvalue weighted by Gasteiger charge is -2.15. The van der Waals surface area contributed by atoms with E-state index in [4.69, 9.17) is 4.74 Å². The predicted octanol–water partition coefficient (Wildman–Crippen LogP) is 1.67. The highest BCUT2D eigenvalue weighted by molar-refractivity contribution is 5.72. The van der Waals surface area contributed by atoms with Crippen molar-refractivity contribution < 1.29 is 14.6 Å². The minimum Gasteiger partial charge on any atom is -0.486 e. The summed E-state index contributed by atoms with van der Waals surface area (Å²) < 4.78 is 9.22. The Balaban J connectivity index is 1.57. The maximum absolute atomic E-state index is 12.5. The van der Waals surface area contributed by atoms with E-state index in [1.807, 2.05) is 38.1 Å². The number of benzene rings is 1. The number of unbranched alkanes of at least 4 members (excludes halogenated alkanes) is 1. The Morgan fingerprint density at radius 1 is 1.18 bits per heavy atom. The number of carboxylic acid groups (broad SMARTS) is 1. The van der Waals surface area contributed by atoms with Crippen molar-refractivity contribution in [3.8, 4) is 5.75 Å². The number of carbonyl (C=O) groups is 1. The number of aromatic amines is 1. The Morgan fingerprint density at radius 2 is 1.94 bits per heavy atom. The van der Waals surface area contributed by atoms with Crippen molar-refractivity contribution in [3.63, 3.8) is 0 Å². The van der Waals surface area contributed by atoms with Crippen LogP contribution in [0.4, 0.5) is 0 Å². The highest BCUT2D eigenvalue weighted by Gasteiger charge is 2.33. The smallest absolute Gasteiger partial charge is 0.330 e. The van der Waals surface area contributed by atoms with Gasteiger partial charge >= 0.3 is 11.7 Å². The van der Waals surface area contributed by atoms with E-state index in [0.717, 1.165) is 18.4 Å². The molecule has 0 spiro atoms. The van der Waals surface area contributed by atoms with Crippen LogP contribution >= 0.6 is 0 Å². The van der Waals surface area contributed by atoms with Crippen LogP contribution in [0.3, 0.4) is 0 Å². The van der Waals surface area contributed by atoms with Crippen LogP contribution in [0.1, 0.15) is 44.0 Å².